The van der Waals surface area contributed by atoms with E-state index in [4.69, 9.17) is 5.11 Å². The van der Waals surface area contributed by atoms with Gasteiger partial charge in [-0.25, -0.2) is 4.79 Å². The van der Waals surface area contributed by atoms with Crippen molar-refractivity contribution in [2.75, 3.05) is 0 Å². The minimum Gasteiger partial charge on any atom is -0.477 e. The molecular formula is C18H14N2O3S. The molecule has 120 valence electrons. The lowest BCUT2D eigenvalue weighted by Gasteiger charge is -2.04. The fraction of sp³-hybridized carbons (Fsp3) is 0.0556. The van der Waals surface area contributed by atoms with Gasteiger partial charge in [0.15, 0.2) is 5.78 Å². The smallest absolute Gasteiger partial charge is 0.345 e. The van der Waals surface area contributed by atoms with Crippen LogP contribution in [0.1, 0.15) is 31.3 Å². The number of aromatic nitrogens is 2. The molecule has 2 aromatic heterocycles. The van der Waals surface area contributed by atoms with Gasteiger partial charge < -0.3 is 5.11 Å². The molecule has 0 radical (unpaired) electrons. The second-order valence-electron chi connectivity index (χ2n) is 5.10. The first-order valence-electron chi connectivity index (χ1n) is 7.23. The quantitative estimate of drug-likeness (QED) is 0.551. The highest BCUT2D eigenvalue weighted by Gasteiger charge is 2.10. The van der Waals surface area contributed by atoms with Crippen molar-refractivity contribution < 1.29 is 14.7 Å². The summed E-state index contributed by atoms with van der Waals surface area (Å²) < 4.78 is 1.80. The van der Waals surface area contributed by atoms with Gasteiger partial charge in [0, 0.05) is 17.1 Å². The second kappa shape index (κ2) is 7.06. The number of hydrogen-bond donors (Lipinski definition) is 1. The van der Waals surface area contributed by atoms with Crippen molar-refractivity contribution in [3.63, 3.8) is 0 Å². The summed E-state index contributed by atoms with van der Waals surface area (Å²) in [6.45, 7) is 0.614. The topological polar surface area (TPSA) is 72.2 Å². The Bertz CT molecular complexity index is 894. The van der Waals surface area contributed by atoms with Crippen LogP contribution in [0.3, 0.4) is 0 Å². The van der Waals surface area contributed by atoms with E-state index in [0.29, 0.717) is 12.1 Å². The molecule has 0 saturated heterocycles. The maximum Gasteiger partial charge on any atom is 0.345 e. The molecule has 0 saturated carbocycles. The van der Waals surface area contributed by atoms with Gasteiger partial charge in [-0.2, -0.15) is 5.10 Å². The van der Waals surface area contributed by atoms with Crippen molar-refractivity contribution in [3.8, 4) is 0 Å². The zero-order valence-electron chi connectivity index (χ0n) is 12.6. The lowest BCUT2D eigenvalue weighted by Crippen LogP contribution is -2.03. The van der Waals surface area contributed by atoms with Crippen molar-refractivity contribution >= 4 is 29.2 Å². The summed E-state index contributed by atoms with van der Waals surface area (Å²) in [6, 6.07) is 13.1. The monoisotopic (exact) mass is 338 g/mol. The molecule has 1 aromatic carbocycles. The van der Waals surface area contributed by atoms with E-state index >= 15 is 0 Å². The summed E-state index contributed by atoms with van der Waals surface area (Å²) in [5, 5.41) is 14.7. The summed E-state index contributed by atoms with van der Waals surface area (Å²) >= 11 is 1.04. The largest absolute Gasteiger partial charge is 0.477 e. The van der Waals surface area contributed by atoms with Crippen molar-refractivity contribution in [1.29, 1.82) is 0 Å². The van der Waals surface area contributed by atoms with Gasteiger partial charge >= 0.3 is 5.97 Å². The third-order valence-corrected chi connectivity index (χ3v) is 4.34. The average Bonchev–Trinajstić information content (AvgIpc) is 3.23. The van der Waals surface area contributed by atoms with E-state index in [-0.39, 0.29) is 10.7 Å². The van der Waals surface area contributed by atoms with Crippen molar-refractivity contribution in [1.82, 2.24) is 9.78 Å². The number of hydrogen-bond acceptors (Lipinski definition) is 4. The number of allylic oxidation sites excluding steroid dienone is 1. The number of carbonyl (C=O) groups excluding carboxylic acids is 1. The zero-order valence-corrected chi connectivity index (χ0v) is 13.4. The molecule has 24 heavy (non-hydrogen) atoms. The first-order valence-corrected chi connectivity index (χ1v) is 8.11. The molecule has 3 rings (SSSR count). The Labute approximate surface area is 142 Å². The van der Waals surface area contributed by atoms with Crippen LogP contribution >= 0.6 is 11.3 Å². The highest BCUT2D eigenvalue weighted by molar-refractivity contribution is 7.12. The van der Waals surface area contributed by atoms with Gasteiger partial charge in [0.05, 0.1) is 12.2 Å². The van der Waals surface area contributed by atoms with Crippen LogP contribution in [0.4, 0.5) is 0 Å². The van der Waals surface area contributed by atoms with Crippen molar-refractivity contribution in [2.24, 2.45) is 0 Å². The van der Waals surface area contributed by atoms with Gasteiger partial charge in [0.25, 0.3) is 0 Å². The molecule has 0 aliphatic carbocycles. The number of rotatable bonds is 6. The number of nitrogens with zero attached hydrogens (tertiary/aromatic N) is 2. The van der Waals surface area contributed by atoms with E-state index in [1.807, 2.05) is 36.4 Å². The third-order valence-electron chi connectivity index (χ3n) is 3.42. The minimum absolute atomic E-state index is 0.154. The molecule has 0 atom stereocenters. The van der Waals surface area contributed by atoms with Gasteiger partial charge in [0.1, 0.15) is 4.88 Å². The van der Waals surface area contributed by atoms with Crippen LogP contribution in [-0.2, 0) is 6.54 Å². The molecular weight excluding hydrogens is 324 g/mol. The summed E-state index contributed by atoms with van der Waals surface area (Å²) in [4.78, 5) is 23.2. The number of ketones is 1. The number of benzene rings is 1. The van der Waals surface area contributed by atoms with Gasteiger partial charge in [-0.3, -0.25) is 9.48 Å². The predicted molar refractivity (Wildman–Crippen MR) is 92.4 cm³/mol. The van der Waals surface area contributed by atoms with E-state index in [1.54, 1.807) is 22.3 Å². The Balaban J connectivity index is 1.74. The number of carbonyl (C=O) groups is 2. The molecule has 0 aliphatic rings. The number of carboxylic acids is 1. The highest BCUT2D eigenvalue weighted by atomic mass is 32.1. The predicted octanol–water partition coefficient (Wildman–Crippen LogP) is 3.59. The lowest BCUT2D eigenvalue weighted by molar-refractivity contribution is 0.0702. The first kappa shape index (κ1) is 15.9. The first-order chi connectivity index (χ1) is 11.6. The number of aromatic carboxylic acids is 1. The Hall–Kier alpha value is -2.99. The molecule has 0 bridgehead atoms. The molecule has 0 amide bonds. The molecule has 6 heteroatoms. The molecule has 0 unspecified atom stereocenters. The van der Waals surface area contributed by atoms with E-state index in [0.717, 1.165) is 22.6 Å². The average molecular weight is 338 g/mol. The molecule has 5 nitrogen and oxygen atoms in total. The zero-order chi connectivity index (χ0) is 16.9. The van der Waals surface area contributed by atoms with Crippen LogP contribution in [-0.4, -0.2) is 26.6 Å². The summed E-state index contributed by atoms with van der Waals surface area (Å²) in [6.07, 6.45) is 4.81. The van der Waals surface area contributed by atoms with E-state index in [2.05, 4.69) is 5.10 Å². The van der Waals surface area contributed by atoms with E-state index in [1.165, 1.54) is 12.1 Å². The second-order valence-corrected chi connectivity index (χ2v) is 6.01. The number of thiophene rings is 1. The summed E-state index contributed by atoms with van der Waals surface area (Å²) in [5.74, 6) is -1.25. The molecule has 1 N–H and O–H groups in total. The van der Waals surface area contributed by atoms with Gasteiger partial charge in [-0.1, -0.05) is 30.3 Å². The van der Waals surface area contributed by atoms with Crippen molar-refractivity contribution in [3.05, 3.63) is 81.8 Å². The SMILES string of the molecule is O=C(/C=C/c1ccnn1Cc1ccccc1)c1csc(C(=O)O)c1. The lowest BCUT2D eigenvalue weighted by atomic mass is 10.2. The Morgan fingerprint density at radius 3 is 2.71 bits per heavy atom. The minimum atomic E-state index is -1.02. The molecule has 0 fully saturated rings. The highest BCUT2D eigenvalue weighted by Crippen LogP contribution is 2.16. The van der Waals surface area contributed by atoms with E-state index < -0.39 is 5.97 Å². The maximum absolute atomic E-state index is 12.1. The van der Waals surface area contributed by atoms with Crippen LogP contribution in [0, 0.1) is 0 Å². The molecule has 0 aliphatic heterocycles. The van der Waals surface area contributed by atoms with Gasteiger partial charge in [-0.15, -0.1) is 11.3 Å². The van der Waals surface area contributed by atoms with Crippen LogP contribution in [0.5, 0.6) is 0 Å². The van der Waals surface area contributed by atoms with Crippen LogP contribution in [0.25, 0.3) is 6.08 Å². The summed E-state index contributed by atoms with van der Waals surface area (Å²) in [5.41, 5.74) is 2.30. The van der Waals surface area contributed by atoms with Crippen LogP contribution < -0.4 is 0 Å². The summed E-state index contributed by atoms with van der Waals surface area (Å²) in [7, 11) is 0. The maximum atomic E-state index is 12.1. The third kappa shape index (κ3) is 3.67. The fourth-order valence-corrected chi connectivity index (χ4v) is 2.94. The Morgan fingerprint density at radius 1 is 1.21 bits per heavy atom. The van der Waals surface area contributed by atoms with E-state index in [9.17, 15) is 9.59 Å². The van der Waals surface area contributed by atoms with Crippen LogP contribution in [0.15, 0.2) is 60.1 Å². The Kier molecular flexibility index (Phi) is 4.67. The standard InChI is InChI=1S/C18H14N2O3S/c21-16(14-10-17(18(22)23)24-12-14)7-6-15-8-9-19-20(15)11-13-4-2-1-3-5-13/h1-10,12H,11H2,(H,22,23)/b7-6+. The molecule has 3 aromatic rings. The van der Waals surface area contributed by atoms with Gasteiger partial charge in [0.2, 0.25) is 0 Å². The number of carboxylic acid groups (broad SMARTS) is 1. The van der Waals surface area contributed by atoms with Gasteiger partial charge in [-0.05, 0) is 29.8 Å². The Morgan fingerprint density at radius 2 is 2.00 bits per heavy atom. The normalized spacial score (nSPS) is 11.0. The fourth-order valence-electron chi connectivity index (χ4n) is 2.21. The van der Waals surface area contributed by atoms with Crippen molar-refractivity contribution in [2.45, 2.75) is 6.54 Å². The molecule has 2 heterocycles. The molecule has 0 spiro atoms. The van der Waals surface area contributed by atoms with Crippen LogP contribution in [0.2, 0.25) is 0 Å².